The van der Waals surface area contributed by atoms with Gasteiger partial charge in [-0.2, -0.15) is 4.31 Å². The maximum absolute atomic E-state index is 12.9. The van der Waals surface area contributed by atoms with E-state index in [1.807, 2.05) is 19.9 Å². The Bertz CT molecular complexity index is 1050. The van der Waals surface area contributed by atoms with Crippen LogP contribution in [0.1, 0.15) is 53.8 Å². The zero-order valence-electron chi connectivity index (χ0n) is 18.7. The quantitative estimate of drug-likeness (QED) is 0.425. The minimum Gasteiger partial charge on any atom is -0.376 e. The Morgan fingerprint density at radius 1 is 1.19 bits per heavy atom. The summed E-state index contributed by atoms with van der Waals surface area (Å²) in [7, 11) is -3.49. The molecule has 2 saturated heterocycles. The molecule has 0 aliphatic carbocycles. The number of nitrogens with zero attached hydrogens (tertiary/aromatic N) is 3. The topological polar surface area (TPSA) is 81.5 Å². The molecule has 2 fully saturated rings. The lowest BCUT2D eigenvalue weighted by molar-refractivity contribution is 0.0957. The lowest BCUT2D eigenvalue weighted by Gasteiger charge is -2.25. The first-order chi connectivity index (χ1) is 15.4. The van der Waals surface area contributed by atoms with Crippen molar-refractivity contribution in [2.75, 3.05) is 25.4 Å². The Labute approximate surface area is 194 Å². The summed E-state index contributed by atoms with van der Waals surface area (Å²) in [5.74, 6) is 0.309. The lowest BCUT2D eigenvalue weighted by Crippen LogP contribution is -2.35. The fourth-order valence-corrected chi connectivity index (χ4v) is 6.62. The summed E-state index contributed by atoms with van der Waals surface area (Å²) in [5.41, 5.74) is 2.77. The molecule has 0 saturated carbocycles. The number of rotatable bonds is 8. The Hall–Kier alpha value is -1.68. The first kappa shape index (κ1) is 23.5. The fourth-order valence-electron chi connectivity index (χ4n) is 4.43. The molecule has 0 N–H and O–H groups in total. The molecule has 1 unspecified atom stereocenters. The molecular formula is C23H31N3O4S2. The molecule has 2 aromatic heterocycles. The third-order valence-electron chi connectivity index (χ3n) is 6.30. The molecule has 0 aromatic carbocycles. The minimum absolute atomic E-state index is 0.0495. The van der Waals surface area contributed by atoms with E-state index in [9.17, 15) is 13.2 Å². The van der Waals surface area contributed by atoms with Crippen LogP contribution in [0.5, 0.6) is 0 Å². The standard InChI is InChI=1S/C23H31N3O4S2/c1-17-13-21(18(2)26(17)15-19-7-6-12-30-19)22(27)16-31-23-9-8-20(14-24-23)32(28,29)25-10-4-3-5-11-25/h8-9,13-14,19H,3-7,10-12,15-16H2,1-2H3. The molecule has 4 heterocycles. The molecule has 7 nitrogen and oxygen atoms in total. The molecule has 9 heteroatoms. The summed E-state index contributed by atoms with van der Waals surface area (Å²) in [6, 6.07) is 5.24. The highest BCUT2D eigenvalue weighted by atomic mass is 32.2. The van der Waals surface area contributed by atoms with E-state index in [1.54, 1.807) is 12.1 Å². The van der Waals surface area contributed by atoms with Gasteiger partial charge in [0.2, 0.25) is 10.0 Å². The molecule has 0 amide bonds. The molecule has 174 valence electrons. The molecular weight excluding hydrogens is 446 g/mol. The zero-order valence-corrected chi connectivity index (χ0v) is 20.4. The average Bonchev–Trinajstić information content (AvgIpc) is 3.42. The number of thioether (sulfide) groups is 1. The highest BCUT2D eigenvalue weighted by molar-refractivity contribution is 7.99. The predicted molar refractivity (Wildman–Crippen MR) is 125 cm³/mol. The minimum atomic E-state index is -3.49. The van der Waals surface area contributed by atoms with Crippen LogP contribution in [0, 0.1) is 13.8 Å². The molecule has 1 atom stereocenters. The first-order valence-corrected chi connectivity index (χ1v) is 13.7. The number of carbonyl (C=O) groups excluding carboxylic acids is 1. The molecule has 2 aromatic rings. The van der Waals surface area contributed by atoms with Crippen molar-refractivity contribution < 1.29 is 17.9 Å². The molecule has 2 aliphatic heterocycles. The average molecular weight is 478 g/mol. The summed E-state index contributed by atoms with van der Waals surface area (Å²) >= 11 is 1.33. The maximum Gasteiger partial charge on any atom is 0.244 e. The lowest BCUT2D eigenvalue weighted by atomic mass is 10.2. The van der Waals surface area contributed by atoms with Crippen molar-refractivity contribution in [3.05, 3.63) is 41.3 Å². The van der Waals surface area contributed by atoms with Gasteiger partial charge in [0.05, 0.1) is 16.9 Å². The van der Waals surface area contributed by atoms with E-state index in [0.29, 0.717) is 18.1 Å². The Morgan fingerprint density at radius 3 is 2.62 bits per heavy atom. The molecule has 0 spiro atoms. The number of ether oxygens (including phenoxy) is 1. The Kier molecular flexibility index (Phi) is 7.39. The Balaban J connectivity index is 1.38. The summed E-state index contributed by atoms with van der Waals surface area (Å²) in [4.78, 5) is 17.4. The summed E-state index contributed by atoms with van der Waals surface area (Å²) in [6.45, 7) is 6.74. The zero-order chi connectivity index (χ0) is 22.7. The van der Waals surface area contributed by atoms with Gasteiger partial charge >= 0.3 is 0 Å². The van der Waals surface area contributed by atoms with Crippen LogP contribution in [0.4, 0.5) is 0 Å². The van der Waals surface area contributed by atoms with Crippen molar-refractivity contribution in [2.45, 2.75) is 68.5 Å². The molecule has 2 aliphatic rings. The van der Waals surface area contributed by atoms with E-state index in [-0.39, 0.29) is 22.5 Å². The Morgan fingerprint density at radius 2 is 1.97 bits per heavy atom. The van der Waals surface area contributed by atoms with Crippen LogP contribution in [0.2, 0.25) is 0 Å². The normalized spacial score (nSPS) is 20.0. The van der Waals surface area contributed by atoms with Gasteiger partial charge in [-0.15, -0.1) is 0 Å². The first-order valence-electron chi connectivity index (χ1n) is 11.3. The number of aryl methyl sites for hydroxylation is 1. The number of ketones is 1. The van der Waals surface area contributed by atoms with E-state index in [1.165, 1.54) is 22.3 Å². The van der Waals surface area contributed by atoms with Gasteiger partial charge in [-0.3, -0.25) is 4.79 Å². The maximum atomic E-state index is 12.9. The van der Waals surface area contributed by atoms with Gasteiger partial charge in [-0.1, -0.05) is 18.2 Å². The second-order valence-corrected chi connectivity index (χ2v) is 11.5. The van der Waals surface area contributed by atoms with Crippen LogP contribution in [0.25, 0.3) is 0 Å². The summed E-state index contributed by atoms with van der Waals surface area (Å²) in [5, 5.41) is 0.643. The fraction of sp³-hybridized carbons (Fsp3) is 0.565. The number of hydrogen-bond donors (Lipinski definition) is 0. The predicted octanol–water partition coefficient (Wildman–Crippen LogP) is 3.83. The molecule has 0 bridgehead atoms. The molecule has 0 radical (unpaired) electrons. The van der Waals surface area contributed by atoms with Crippen LogP contribution in [0.15, 0.2) is 34.3 Å². The number of Topliss-reactive ketones (excluding diaryl/α,β-unsaturated/α-hetero) is 1. The van der Waals surface area contributed by atoms with E-state index in [0.717, 1.165) is 62.2 Å². The van der Waals surface area contributed by atoms with Crippen LogP contribution in [-0.2, 0) is 21.3 Å². The van der Waals surface area contributed by atoms with Crippen LogP contribution in [-0.4, -0.2) is 59.6 Å². The van der Waals surface area contributed by atoms with E-state index >= 15 is 0 Å². The summed E-state index contributed by atoms with van der Waals surface area (Å²) in [6.07, 6.45) is 6.66. The van der Waals surface area contributed by atoms with E-state index in [4.69, 9.17) is 4.74 Å². The third-order valence-corrected chi connectivity index (χ3v) is 9.12. The number of sulfonamides is 1. The van der Waals surface area contributed by atoms with Crippen LogP contribution >= 0.6 is 11.8 Å². The number of aromatic nitrogens is 2. The van der Waals surface area contributed by atoms with Gasteiger partial charge in [0.1, 0.15) is 4.90 Å². The van der Waals surface area contributed by atoms with Crippen molar-refractivity contribution in [1.29, 1.82) is 0 Å². The SMILES string of the molecule is Cc1cc(C(=O)CSc2ccc(S(=O)(=O)N3CCCCC3)cn2)c(C)n1CC1CCCO1. The van der Waals surface area contributed by atoms with Crippen molar-refractivity contribution >= 4 is 27.6 Å². The van der Waals surface area contributed by atoms with Gasteiger partial charge in [-0.05, 0) is 57.7 Å². The highest BCUT2D eigenvalue weighted by Crippen LogP contribution is 2.25. The van der Waals surface area contributed by atoms with Crippen molar-refractivity contribution in [1.82, 2.24) is 13.9 Å². The highest BCUT2D eigenvalue weighted by Gasteiger charge is 2.26. The van der Waals surface area contributed by atoms with Gasteiger partial charge in [-0.25, -0.2) is 13.4 Å². The monoisotopic (exact) mass is 477 g/mol. The van der Waals surface area contributed by atoms with Gasteiger partial charge in [0.15, 0.2) is 5.78 Å². The number of pyridine rings is 1. The van der Waals surface area contributed by atoms with Crippen molar-refractivity contribution in [2.24, 2.45) is 0 Å². The van der Waals surface area contributed by atoms with Crippen molar-refractivity contribution in [3.8, 4) is 0 Å². The second kappa shape index (κ2) is 10.1. The smallest absolute Gasteiger partial charge is 0.244 e. The third kappa shape index (κ3) is 5.11. The van der Waals surface area contributed by atoms with Gasteiger partial charge < -0.3 is 9.30 Å². The second-order valence-electron chi connectivity index (χ2n) is 8.54. The van der Waals surface area contributed by atoms with E-state index in [2.05, 4.69) is 9.55 Å². The molecule has 4 rings (SSSR count). The van der Waals surface area contributed by atoms with Gasteiger partial charge in [0, 0.05) is 49.4 Å². The van der Waals surface area contributed by atoms with Gasteiger partial charge in [0.25, 0.3) is 0 Å². The number of hydrogen-bond acceptors (Lipinski definition) is 6. The van der Waals surface area contributed by atoms with Crippen LogP contribution in [0.3, 0.4) is 0 Å². The van der Waals surface area contributed by atoms with Crippen molar-refractivity contribution in [3.63, 3.8) is 0 Å². The number of piperidine rings is 1. The van der Waals surface area contributed by atoms with E-state index < -0.39 is 10.0 Å². The molecule has 32 heavy (non-hydrogen) atoms. The van der Waals surface area contributed by atoms with Crippen LogP contribution < -0.4 is 0 Å². The largest absolute Gasteiger partial charge is 0.376 e. The summed E-state index contributed by atoms with van der Waals surface area (Å²) < 4.78 is 35.0. The number of carbonyl (C=O) groups is 1.